The maximum Gasteiger partial charge on any atom is 0.262 e. The number of piperazine rings is 1. The van der Waals surface area contributed by atoms with Gasteiger partial charge in [-0.25, -0.2) is 4.40 Å². The van der Waals surface area contributed by atoms with E-state index in [9.17, 15) is 4.79 Å². The van der Waals surface area contributed by atoms with Gasteiger partial charge in [0, 0.05) is 38.2 Å². The van der Waals surface area contributed by atoms with E-state index in [1.165, 1.54) is 4.57 Å². The van der Waals surface area contributed by atoms with Crippen LogP contribution in [-0.2, 0) is 7.05 Å². The molecule has 7 nitrogen and oxygen atoms in total. The van der Waals surface area contributed by atoms with Crippen molar-refractivity contribution in [3.8, 4) is 0 Å². The van der Waals surface area contributed by atoms with E-state index < -0.39 is 0 Å². The van der Waals surface area contributed by atoms with E-state index >= 15 is 0 Å². The molecule has 0 bridgehead atoms. The second-order valence-electron chi connectivity index (χ2n) is 5.95. The fraction of sp³-hybridized carbons (Fsp3) is 0.400. The molecule has 1 saturated heterocycles. The molecule has 0 spiro atoms. The zero-order chi connectivity index (χ0) is 16.1. The van der Waals surface area contributed by atoms with Gasteiger partial charge in [-0.15, -0.1) is 10.2 Å². The Kier molecular flexibility index (Phi) is 3.28. The highest BCUT2D eigenvalue weighted by Crippen LogP contribution is 2.22. The molecule has 23 heavy (non-hydrogen) atoms. The number of aryl methyl sites for hydroxylation is 1. The van der Waals surface area contributed by atoms with Gasteiger partial charge in [0.25, 0.3) is 5.56 Å². The van der Waals surface area contributed by atoms with Crippen molar-refractivity contribution >= 4 is 34.2 Å². The van der Waals surface area contributed by atoms with Crippen LogP contribution in [0, 0.1) is 0 Å². The predicted molar refractivity (Wildman–Crippen MR) is 90.5 cm³/mol. The summed E-state index contributed by atoms with van der Waals surface area (Å²) in [7, 11) is 3.82. The zero-order valence-electron chi connectivity index (χ0n) is 13.0. The lowest BCUT2D eigenvalue weighted by Crippen LogP contribution is -2.45. The van der Waals surface area contributed by atoms with Crippen molar-refractivity contribution in [1.82, 2.24) is 24.1 Å². The Balaban J connectivity index is 2.01. The van der Waals surface area contributed by atoms with Crippen LogP contribution in [0.2, 0.25) is 5.02 Å². The average molecular weight is 333 g/mol. The molecule has 4 rings (SSSR count). The molecule has 1 aliphatic rings. The highest BCUT2D eigenvalue weighted by atomic mass is 35.5. The lowest BCUT2D eigenvalue weighted by molar-refractivity contribution is 0.311. The van der Waals surface area contributed by atoms with Gasteiger partial charge in [0.15, 0.2) is 0 Å². The van der Waals surface area contributed by atoms with E-state index in [0.29, 0.717) is 16.2 Å². The summed E-state index contributed by atoms with van der Waals surface area (Å²) < 4.78 is 3.46. The molecular formula is C15H17ClN6O. The third-order valence-electron chi connectivity index (χ3n) is 4.45. The van der Waals surface area contributed by atoms with Crippen LogP contribution in [0.5, 0.6) is 0 Å². The Bertz CT molecular complexity index is 954. The number of likely N-dealkylation sites (N-methyl/N-ethyl adjacent to an activating group) is 1. The minimum Gasteiger partial charge on any atom is -0.338 e. The standard InChI is InChI=1S/C15H17ClN6O/c1-19-5-7-21(8-6-19)15-18-17-14-20(2)13(23)11-9-10(16)3-4-12(11)22(14)15/h3-4,9H,5-8H2,1-2H3. The third kappa shape index (κ3) is 2.19. The Labute approximate surface area is 137 Å². The maximum absolute atomic E-state index is 12.5. The fourth-order valence-electron chi connectivity index (χ4n) is 3.06. The molecule has 3 aromatic rings. The number of nitrogens with zero attached hydrogens (tertiary/aromatic N) is 6. The molecule has 3 heterocycles. The molecule has 0 aliphatic carbocycles. The summed E-state index contributed by atoms with van der Waals surface area (Å²) in [5.74, 6) is 1.31. The molecule has 0 amide bonds. The summed E-state index contributed by atoms with van der Waals surface area (Å²) in [5, 5.41) is 9.70. The molecule has 1 fully saturated rings. The van der Waals surface area contributed by atoms with Crippen molar-refractivity contribution in [3.63, 3.8) is 0 Å². The van der Waals surface area contributed by atoms with E-state index in [1.54, 1.807) is 19.2 Å². The predicted octanol–water partition coefficient (Wildman–Crippen LogP) is 0.986. The van der Waals surface area contributed by atoms with Crippen LogP contribution in [0.1, 0.15) is 0 Å². The normalized spacial score (nSPS) is 16.6. The zero-order valence-corrected chi connectivity index (χ0v) is 13.8. The molecule has 0 atom stereocenters. The van der Waals surface area contributed by atoms with Crippen LogP contribution in [0.25, 0.3) is 16.7 Å². The van der Waals surface area contributed by atoms with E-state index in [1.807, 2.05) is 10.5 Å². The SMILES string of the molecule is CN1CCN(c2nnc3n(C)c(=O)c4cc(Cl)ccc4n23)CC1. The summed E-state index contributed by atoms with van der Waals surface area (Å²) in [5.41, 5.74) is 0.666. The van der Waals surface area contributed by atoms with Crippen LogP contribution < -0.4 is 10.5 Å². The van der Waals surface area contributed by atoms with Crippen LogP contribution in [0.15, 0.2) is 23.0 Å². The van der Waals surface area contributed by atoms with Crippen molar-refractivity contribution in [2.75, 3.05) is 38.1 Å². The van der Waals surface area contributed by atoms with E-state index in [-0.39, 0.29) is 5.56 Å². The van der Waals surface area contributed by atoms with E-state index in [0.717, 1.165) is 37.6 Å². The fourth-order valence-corrected chi connectivity index (χ4v) is 3.23. The first-order valence-corrected chi connectivity index (χ1v) is 7.91. The number of hydrogen-bond donors (Lipinski definition) is 0. The van der Waals surface area contributed by atoms with Gasteiger partial charge in [-0.1, -0.05) is 11.6 Å². The summed E-state index contributed by atoms with van der Waals surface area (Å²) in [4.78, 5) is 17.0. The van der Waals surface area contributed by atoms with Gasteiger partial charge in [-0.2, -0.15) is 0 Å². The number of benzene rings is 1. The highest BCUT2D eigenvalue weighted by molar-refractivity contribution is 6.31. The third-order valence-corrected chi connectivity index (χ3v) is 4.68. The van der Waals surface area contributed by atoms with E-state index in [2.05, 4.69) is 27.0 Å². The molecule has 1 aliphatic heterocycles. The monoisotopic (exact) mass is 332 g/mol. The van der Waals surface area contributed by atoms with Crippen molar-refractivity contribution in [1.29, 1.82) is 0 Å². The number of aromatic nitrogens is 4. The largest absolute Gasteiger partial charge is 0.338 e. The summed E-state index contributed by atoms with van der Waals surface area (Å²) in [6, 6.07) is 5.35. The summed E-state index contributed by atoms with van der Waals surface area (Å²) in [6.45, 7) is 3.72. The molecule has 8 heteroatoms. The smallest absolute Gasteiger partial charge is 0.262 e. The Morgan fingerprint density at radius 2 is 1.83 bits per heavy atom. The highest BCUT2D eigenvalue weighted by Gasteiger charge is 2.22. The minimum absolute atomic E-state index is 0.118. The lowest BCUT2D eigenvalue weighted by atomic mass is 10.2. The molecular weight excluding hydrogens is 316 g/mol. The minimum atomic E-state index is -0.118. The van der Waals surface area contributed by atoms with Gasteiger partial charge in [0.05, 0.1) is 10.9 Å². The molecule has 1 aromatic carbocycles. The van der Waals surface area contributed by atoms with Gasteiger partial charge in [-0.05, 0) is 25.2 Å². The van der Waals surface area contributed by atoms with Gasteiger partial charge >= 0.3 is 0 Å². The number of hydrogen-bond acceptors (Lipinski definition) is 5. The molecule has 0 saturated carbocycles. The Morgan fingerprint density at radius 3 is 2.57 bits per heavy atom. The van der Waals surface area contributed by atoms with Crippen molar-refractivity contribution < 1.29 is 0 Å². The molecule has 0 N–H and O–H groups in total. The molecule has 2 aromatic heterocycles. The van der Waals surface area contributed by atoms with Crippen LogP contribution in [-0.4, -0.2) is 57.3 Å². The topological polar surface area (TPSA) is 58.7 Å². The Hall–Kier alpha value is -2.12. The van der Waals surface area contributed by atoms with Crippen LogP contribution in [0.3, 0.4) is 0 Å². The number of halogens is 1. The van der Waals surface area contributed by atoms with Gasteiger partial charge < -0.3 is 9.80 Å². The molecule has 120 valence electrons. The lowest BCUT2D eigenvalue weighted by Gasteiger charge is -2.32. The Morgan fingerprint density at radius 1 is 1.09 bits per heavy atom. The first-order chi connectivity index (χ1) is 11.1. The first kappa shape index (κ1) is 14.5. The van der Waals surface area contributed by atoms with Crippen LogP contribution in [0.4, 0.5) is 5.95 Å². The van der Waals surface area contributed by atoms with Crippen molar-refractivity contribution in [2.45, 2.75) is 0 Å². The van der Waals surface area contributed by atoms with Gasteiger partial charge in [0.2, 0.25) is 11.7 Å². The number of anilines is 1. The van der Waals surface area contributed by atoms with Gasteiger partial charge in [0.1, 0.15) is 0 Å². The van der Waals surface area contributed by atoms with Crippen molar-refractivity contribution in [3.05, 3.63) is 33.6 Å². The average Bonchev–Trinajstić information content (AvgIpc) is 2.98. The van der Waals surface area contributed by atoms with Crippen molar-refractivity contribution in [2.24, 2.45) is 7.05 Å². The quantitative estimate of drug-likeness (QED) is 0.665. The molecule has 0 radical (unpaired) electrons. The number of rotatable bonds is 1. The second kappa shape index (κ2) is 5.21. The van der Waals surface area contributed by atoms with E-state index in [4.69, 9.17) is 11.6 Å². The second-order valence-corrected chi connectivity index (χ2v) is 6.39. The summed E-state index contributed by atoms with van der Waals surface area (Å²) >= 11 is 6.07. The van der Waals surface area contributed by atoms with Crippen LogP contribution >= 0.6 is 11.6 Å². The maximum atomic E-state index is 12.5. The molecule has 0 unspecified atom stereocenters. The van der Waals surface area contributed by atoms with Gasteiger partial charge in [-0.3, -0.25) is 9.36 Å². The summed E-state index contributed by atoms with van der Waals surface area (Å²) in [6.07, 6.45) is 0. The first-order valence-electron chi connectivity index (χ1n) is 7.53. The number of fused-ring (bicyclic) bond motifs is 3.